The van der Waals surface area contributed by atoms with Gasteiger partial charge >= 0.3 is 5.97 Å². The third-order valence-corrected chi connectivity index (χ3v) is 1.91. The Balaban J connectivity index is 3.24. The van der Waals surface area contributed by atoms with E-state index in [0.717, 1.165) is 4.57 Å². The molecule has 0 atom stereocenters. The summed E-state index contributed by atoms with van der Waals surface area (Å²) in [6.07, 6.45) is 0. The number of nitrogen functional groups attached to an aromatic ring is 1. The highest BCUT2D eigenvalue weighted by atomic mass is 16.5. The smallest absolute Gasteiger partial charge is 0.339 e. The van der Waals surface area contributed by atoms with Crippen LogP contribution in [0.3, 0.4) is 0 Å². The molecule has 1 rings (SSSR count). The van der Waals surface area contributed by atoms with E-state index in [2.05, 4.69) is 16.3 Å². The van der Waals surface area contributed by atoms with E-state index < -0.39 is 5.97 Å². The van der Waals surface area contributed by atoms with Crippen LogP contribution < -0.4 is 11.3 Å². The first-order chi connectivity index (χ1) is 6.97. The fourth-order valence-electron chi connectivity index (χ4n) is 0.940. The molecule has 0 saturated carbocycles. The van der Waals surface area contributed by atoms with E-state index in [0.29, 0.717) is 0 Å². The molecular formula is C9H11N3O3. The number of methoxy groups -OCH3 is 1. The van der Waals surface area contributed by atoms with Crippen LogP contribution in [-0.4, -0.2) is 22.6 Å². The Morgan fingerprint density at radius 3 is 2.73 bits per heavy atom. The second-order valence-electron chi connectivity index (χ2n) is 2.87. The van der Waals surface area contributed by atoms with Crippen LogP contribution in [0.5, 0.6) is 0 Å². The Labute approximate surface area is 86.0 Å². The summed E-state index contributed by atoms with van der Waals surface area (Å²) in [4.78, 5) is 26.3. The number of carbonyl (C=O) groups is 1. The topological polar surface area (TPSA) is 87.2 Å². The van der Waals surface area contributed by atoms with Crippen molar-refractivity contribution in [3.63, 3.8) is 0 Å². The molecule has 1 heterocycles. The normalized spacial score (nSPS) is 9.73. The van der Waals surface area contributed by atoms with Crippen LogP contribution in [0.1, 0.15) is 5.69 Å². The molecule has 80 valence electrons. The molecule has 15 heavy (non-hydrogen) atoms. The van der Waals surface area contributed by atoms with Crippen molar-refractivity contribution in [2.45, 2.75) is 0 Å². The van der Waals surface area contributed by atoms with Crippen molar-refractivity contribution in [3.05, 3.63) is 28.7 Å². The summed E-state index contributed by atoms with van der Waals surface area (Å²) in [5.41, 5.74) is 5.23. The van der Waals surface area contributed by atoms with Gasteiger partial charge in [0.2, 0.25) is 5.95 Å². The van der Waals surface area contributed by atoms with Crippen molar-refractivity contribution in [1.82, 2.24) is 9.55 Å². The first-order valence-electron chi connectivity index (χ1n) is 4.08. The van der Waals surface area contributed by atoms with Gasteiger partial charge in [0.25, 0.3) is 5.56 Å². The minimum atomic E-state index is -0.643. The molecule has 1 aromatic rings. The quantitative estimate of drug-likeness (QED) is 0.526. The number of anilines is 1. The predicted molar refractivity (Wildman–Crippen MR) is 54.9 cm³/mol. The lowest BCUT2D eigenvalue weighted by Gasteiger charge is -2.06. The predicted octanol–water partition coefficient (Wildman–Crippen LogP) is -0.451. The van der Waals surface area contributed by atoms with Gasteiger partial charge in [-0.2, -0.15) is 0 Å². The highest BCUT2D eigenvalue weighted by molar-refractivity contribution is 6.14. The van der Waals surface area contributed by atoms with Crippen molar-refractivity contribution in [3.8, 4) is 0 Å². The molecular weight excluding hydrogens is 198 g/mol. The number of aromatic nitrogens is 2. The van der Waals surface area contributed by atoms with E-state index in [1.54, 1.807) is 0 Å². The molecule has 0 radical (unpaired) electrons. The zero-order valence-electron chi connectivity index (χ0n) is 8.48. The molecule has 0 spiro atoms. The lowest BCUT2D eigenvalue weighted by molar-refractivity contribution is -0.133. The number of rotatable bonds is 2. The number of esters is 1. The first-order valence-corrected chi connectivity index (χ1v) is 4.08. The van der Waals surface area contributed by atoms with Crippen molar-refractivity contribution < 1.29 is 9.53 Å². The van der Waals surface area contributed by atoms with E-state index in [1.165, 1.54) is 20.2 Å². The van der Waals surface area contributed by atoms with Crippen LogP contribution in [0.15, 0.2) is 17.4 Å². The molecule has 6 nitrogen and oxygen atoms in total. The third kappa shape index (κ3) is 2.04. The Bertz CT molecular complexity index is 476. The van der Waals surface area contributed by atoms with Crippen LogP contribution in [0.25, 0.3) is 5.57 Å². The summed E-state index contributed by atoms with van der Waals surface area (Å²) in [6.45, 7) is 3.47. The van der Waals surface area contributed by atoms with Gasteiger partial charge in [0.15, 0.2) is 0 Å². The van der Waals surface area contributed by atoms with Gasteiger partial charge in [-0.1, -0.05) is 6.58 Å². The largest absolute Gasteiger partial charge is 0.465 e. The summed E-state index contributed by atoms with van der Waals surface area (Å²) in [5, 5.41) is 0. The summed E-state index contributed by atoms with van der Waals surface area (Å²) in [5.74, 6) is -0.627. The Kier molecular flexibility index (Phi) is 2.89. The van der Waals surface area contributed by atoms with Crippen LogP contribution in [0, 0.1) is 0 Å². The number of carbonyl (C=O) groups excluding carboxylic acids is 1. The zero-order valence-corrected chi connectivity index (χ0v) is 8.48. The maximum atomic E-state index is 11.3. The molecule has 0 unspecified atom stereocenters. The van der Waals surface area contributed by atoms with Crippen LogP contribution in [0.4, 0.5) is 5.95 Å². The van der Waals surface area contributed by atoms with Crippen LogP contribution in [0.2, 0.25) is 0 Å². The molecule has 0 amide bonds. The van der Waals surface area contributed by atoms with E-state index in [9.17, 15) is 9.59 Å². The van der Waals surface area contributed by atoms with Crippen molar-refractivity contribution in [2.75, 3.05) is 12.8 Å². The lowest BCUT2D eigenvalue weighted by atomic mass is 10.2. The zero-order chi connectivity index (χ0) is 11.6. The van der Waals surface area contributed by atoms with Gasteiger partial charge in [0, 0.05) is 13.1 Å². The average molecular weight is 209 g/mol. The molecule has 0 aliphatic heterocycles. The fourth-order valence-corrected chi connectivity index (χ4v) is 0.940. The van der Waals surface area contributed by atoms with Gasteiger partial charge in [-0.25, -0.2) is 9.78 Å². The maximum Gasteiger partial charge on any atom is 0.339 e. The molecule has 6 heteroatoms. The lowest BCUT2D eigenvalue weighted by Crippen LogP contribution is -2.22. The summed E-state index contributed by atoms with van der Waals surface area (Å²) in [6, 6.07) is 1.18. The minimum absolute atomic E-state index is 0.00176. The van der Waals surface area contributed by atoms with Crippen molar-refractivity contribution in [1.29, 1.82) is 0 Å². The SMILES string of the molecule is C=C(C(=O)OC)c1cc(=O)n(C)c(N)n1. The molecule has 0 aromatic carbocycles. The van der Waals surface area contributed by atoms with E-state index in [4.69, 9.17) is 5.73 Å². The van der Waals surface area contributed by atoms with Gasteiger partial charge < -0.3 is 10.5 Å². The average Bonchev–Trinajstić information content (AvgIpc) is 2.23. The Morgan fingerprint density at radius 1 is 1.67 bits per heavy atom. The van der Waals surface area contributed by atoms with E-state index in [-0.39, 0.29) is 22.8 Å². The summed E-state index contributed by atoms with van der Waals surface area (Å²) in [7, 11) is 2.70. The molecule has 0 aliphatic carbocycles. The van der Waals surface area contributed by atoms with E-state index in [1.807, 2.05) is 0 Å². The number of hydrogen-bond acceptors (Lipinski definition) is 5. The standard InChI is InChI=1S/C9H11N3O3/c1-5(8(14)15-3)6-4-7(13)12(2)9(10)11-6/h4H,1H2,2-3H3,(H2,10,11). The Hall–Kier alpha value is -2.11. The van der Waals surface area contributed by atoms with Gasteiger partial charge in [-0.05, 0) is 0 Å². The minimum Gasteiger partial charge on any atom is -0.465 e. The second-order valence-corrected chi connectivity index (χ2v) is 2.87. The highest BCUT2D eigenvalue weighted by Crippen LogP contribution is 2.09. The summed E-state index contributed by atoms with van der Waals surface area (Å²) >= 11 is 0. The van der Waals surface area contributed by atoms with Crippen molar-refractivity contribution in [2.24, 2.45) is 7.05 Å². The molecule has 2 N–H and O–H groups in total. The van der Waals surface area contributed by atoms with Crippen LogP contribution >= 0.6 is 0 Å². The molecule has 0 fully saturated rings. The van der Waals surface area contributed by atoms with Gasteiger partial charge in [0.05, 0.1) is 18.4 Å². The molecule has 0 aliphatic rings. The van der Waals surface area contributed by atoms with Gasteiger partial charge in [-0.3, -0.25) is 9.36 Å². The molecule has 1 aromatic heterocycles. The van der Waals surface area contributed by atoms with E-state index >= 15 is 0 Å². The van der Waals surface area contributed by atoms with Crippen molar-refractivity contribution >= 4 is 17.5 Å². The highest BCUT2D eigenvalue weighted by Gasteiger charge is 2.13. The molecule has 0 saturated heterocycles. The van der Waals surface area contributed by atoms with Crippen LogP contribution in [-0.2, 0) is 16.6 Å². The number of hydrogen-bond donors (Lipinski definition) is 1. The fraction of sp³-hybridized carbons (Fsp3) is 0.222. The number of nitrogens with two attached hydrogens (primary N) is 1. The number of ether oxygens (including phenoxy) is 1. The monoisotopic (exact) mass is 209 g/mol. The Morgan fingerprint density at radius 2 is 2.27 bits per heavy atom. The maximum absolute atomic E-state index is 11.3. The van der Waals surface area contributed by atoms with Gasteiger partial charge in [-0.15, -0.1) is 0 Å². The second kappa shape index (κ2) is 3.95. The molecule has 0 bridgehead atoms. The number of nitrogens with zero attached hydrogens (tertiary/aromatic N) is 2. The van der Waals surface area contributed by atoms with Gasteiger partial charge in [0.1, 0.15) is 0 Å². The summed E-state index contributed by atoms with van der Waals surface area (Å²) < 4.78 is 5.61. The third-order valence-electron chi connectivity index (χ3n) is 1.91. The first kappa shape index (κ1) is 11.0.